The summed E-state index contributed by atoms with van der Waals surface area (Å²) in [7, 11) is 1.80. The van der Waals surface area contributed by atoms with Gasteiger partial charge in [0.05, 0.1) is 25.2 Å². The minimum atomic E-state index is -0.621. The summed E-state index contributed by atoms with van der Waals surface area (Å²) in [6.45, 7) is 3.58. The molecule has 218 valence electrons. The molecule has 0 radical (unpaired) electrons. The molecule has 1 amide bonds. The van der Waals surface area contributed by atoms with Crippen molar-refractivity contribution in [1.29, 1.82) is 0 Å². The molecule has 1 saturated heterocycles. The number of aromatic nitrogens is 4. The second-order valence-electron chi connectivity index (χ2n) is 10.3. The maximum absolute atomic E-state index is 12.7. The average Bonchev–Trinajstić information content (AvgIpc) is 3.41. The number of Topliss-reactive ketones (excluding diaryl/α,β-unsaturated/α-hetero) is 1. The maximum atomic E-state index is 12.7. The van der Waals surface area contributed by atoms with Crippen LogP contribution in [0.15, 0.2) is 78.0 Å². The molecule has 4 atom stereocenters. The molecule has 11 heteroatoms. The van der Waals surface area contributed by atoms with Crippen molar-refractivity contribution in [2.45, 2.75) is 50.5 Å². The molecule has 3 aromatic carbocycles. The summed E-state index contributed by atoms with van der Waals surface area (Å²) in [6.07, 6.45) is -0.844. The maximum Gasteiger partial charge on any atom is 0.228 e. The first-order valence-corrected chi connectivity index (χ1v) is 14.6. The second-order valence-corrected chi connectivity index (χ2v) is 11.3. The van der Waals surface area contributed by atoms with Crippen molar-refractivity contribution in [3.63, 3.8) is 0 Å². The Morgan fingerprint density at radius 2 is 1.71 bits per heavy atom. The van der Waals surface area contributed by atoms with Gasteiger partial charge >= 0.3 is 0 Å². The molecule has 0 aliphatic carbocycles. The van der Waals surface area contributed by atoms with E-state index in [-0.39, 0.29) is 42.8 Å². The number of ketones is 1. The minimum Gasteiger partial charge on any atom is -0.392 e. The highest BCUT2D eigenvalue weighted by atomic mass is 32.2. The second kappa shape index (κ2) is 13.4. The molecule has 5 rings (SSSR count). The van der Waals surface area contributed by atoms with Crippen LogP contribution in [-0.2, 0) is 34.3 Å². The molecule has 10 nitrogen and oxygen atoms in total. The van der Waals surface area contributed by atoms with Gasteiger partial charge in [0, 0.05) is 35.5 Å². The van der Waals surface area contributed by atoms with E-state index in [1.165, 1.54) is 18.7 Å². The number of rotatable bonds is 10. The van der Waals surface area contributed by atoms with Gasteiger partial charge in [0.2, 0.25) is 11.1 Å². The molecule has 0 spiro atoms. The van der Waals surface area contributed by atoms with E-state index >= 15 is 0 Å². The fourth-order valence-corrected chi connectivity index (χ4v) is 5.82. The van der Waals surface area contributed by atoms with Crippen molar-refractivity contribution in [1.82, 2.24) is 20.2 Å². The molecule has 42 heavy (non-hydrogen) atoms. The monoisotopic (exact) mass is 587 g/mol. The number of carbonyl (C=O) groups is 2. The molecule has 1 aliphatic heterocycles. The van der Waals surface area contributed by atoms with E-state index in [0.717, 1.165) is 22.3 Å². The lowest BCUT2D eigenvalue weighted by atomic mass is 9.91. The topological polar surface area (TPSA) is 128 Å². The normalized spacial score (nSPS) is 20.3. The number of anilines is 1. The Balaban J connectivity index is 1.29. The predicted octanol–water partition coefficient (Wildman–Crippen LogP) is 4.67. The van der Waals surface area contributed by atoms with Gasteiger partial charge in [-0.3, -0.25) is 9.59 Å². The number of hydrogen-bond donors (Lipinski definition) is 2. The van der Waals surface area contributed by atoms with Crippen LogP contribution in [0.3, 0.4) is 0 Å². The first-order valence-electron chi connectivity index (χ1n) is 13.7. The summed E-state index contributed by atoms with van der Waals surface area (Å²) in [5, 5.41) is 24.8. The molecule has 2 heterocycles. The number of amides is 1. The summed E-state index contributed by atoms with van der Waals surface area (Å²) in [4.78, 5) is 24.3. The van der Waals surface area contributed by atoms with Crippen molar-refractivity contribution < 1.29 is 24.2 Å². The predicted molar refractivity (Wildman–Crippen MR) is 158 cm³/mol. The molecule has 0 bridgehead atoms. The quantitative estimate of drug-likeness (QED) is 0.201. The van der Waals surface area contributed by atoms with E-state index in [4.69, 9.17) is 9.47 Å². The van der Waals surface area contributed by atoms with E-state index in [1.807, 2.05) is 48.5 Å². The molecule has 2 N–H and O–H groups in total. The highest BCUT2D eigenvalue weighted by Crippen LogP contribution is 2.42. The van der Waals surface area contributed by atoms with Crippen LogP contribution in [0.25, 0.3) is 0 Å². The lowest BCUT2D eigenvalue weighted by molar-refractivity contribution is -0.268. The molecule has 1 aromatic heterocycles. The van der Waals surface area contributed by atoms with Crippen LogP contribution < -0.4 is 5.32 Å². The Morgan fingerprint density at radius 1 is 1.00 bits per heavy atom. The zero-order valence-corrected chi connectivity index (χ0v) is 24.5. The van der Waals surface area contributed by atoms with Gasteiger partial charge in [0.1, 0.15) is 0 Å². The van der Waals surface area contributed by atoms with Gasteiger partial charge in [0.25, 0.3) is 0 Å². The molecule has 4 aromatic rings. The van der Waals surface area contributed by atoms with Crippen molar-refractivity contribution in [2.75, 3.05) is 11.1 Å². The number of aliphatic hydroxyl groups is 1. The molecular formula is C31H33N5O5S. The van der Waals surface area contributed by atoms with E-state index < -0.39 is 6.29 Å². The summed E-state index contributed by atoms with van der Waals surface area (Å²) in [6, 6.07) is 22.3. The first kappa shape index (κ1) is 29.6. The van der Waals surface area contributed by atoms with Crippen LogP contribution >= 0.6 is 11.8 Å². The highest BCUT2D eigenvalue weighted by Gasteiger charge is 2.38. The Kier molecular flexibility index (Phi) is 9.43. The van der Waals surface area contributed by atoms with Gasteiger partial charge in [-0.2, -0.15) is 0 Å². The number of nitrogens with one attached hydrogen (secondary N) is 1. The van der Waals surface area contributed by atoms with E-state index in [1.54, 1.807) is 36.0 Å². The van der Waals surface area contributed by atoms with E-state index in [0.29, 0.717) is 22.2 Å². The molecule has 1 fully saturated rings. The van der Waals surface area contributed by atoms with Crippen LogP contribution in [0.5, 0.6) is 0 Å². The Morgan fingerprint density at radius 3 is 2.38 bits per heavy atom. The standard InChI is InChI=1S/C31H33N5O5S/c1-19-27(18-42-31-33-34-35-36(31)3)40-30(41-29(19)23-11-9-22(17-37)10-12-23)24-13-7-21(8-14-24)15-28(39)32-26-6-4-5-25(16-26)20(2)38/h4-14,16,19,27,29-30,37H,15,17-18H2,1-3H3,(H,32,39). The fourth-order valence-electron chi connectivity index (χ4n) is 4.81. The van der Waals surface area contributed by atoms with Gasteiger partial charge < -0.3 is 19.9 Å². The third-order valence-electron chi connectivity index (χ3n) is 7.25. The summed E-state index contributed by atoms with van der Waals surface area (Å²) in [5.74, 6) is 0.423. The van der Waals surface area contributed by atoms with Gasteiger partial charge in [-0.1, -0.05) is 79.3 Å². The SMILES string of the molecule is CC(=O)c1cccc(NC(=O)Cc2ccc(C3OC(CSc4nnnn4C)C(C)C(c4ccc(CO)cc4)O3)cc2)c1. The number of tetrazole rings is 1. The zero-order chi connectivity index (χ0) is 29.6. The third kappa shape index (κ3) is 7.11. The number of hydrogen-bond acceptors (Lipinski definition) is 9. The lowest BCUT2D eigenvalue weighted by Crippen LogP contribution is -2.38. The molecule has 0 saturated carbocycles. The number of carbonyl (C=O) groups excluding carboxylic acids is 2. The van der Waals surface area contributed by atoms with Crippen molar-refractivity contribution in [2.24, 2.45) is 13.0 Å². The van der Waals surface area contributed by atoms with Crippen LogP contribution in [0.2, 0.25) is 0 Å². The Bertz CT molecular complexity index is 1530. The van der Waals surface area contributed by atoms with Crippen molar-refractivity contribution >= 4 is 29.1 Å². The molecular weight excluding hydrogens is 554 g/mol. The van der Waals surface area contributed by atoms with Crippen molar-refractivity contribution in [3.8, 4) is 0 Å². The lowest BCUT2D eigenvalue weighted by Gasteiger charge is -2.41. The smallest absolute Gasteiger partial charge is 0.228 e. The summed E-state index contributed by atoms with van der Waals surface area (Å²) < 4.78 is 14.6. The minimum absolute atomic E-state index is 0.0206. The number of ether oxygens (including phenoxy) is 2. The Labute approximate surface area is 248 Å². The molecule has 1 aliphatic rings. The van der Waals surface area contributed by atoms with Crippen LogP contribution in [-0.4, -0.2) is 48.9 Å². The highest BCUT2D eigenvalue weighted by molar-refractivity contribution is 7.99. The first-order chi connectivity index (χ1) is 20.3. The third-order valence-corrected chi connectivity index (χ3v) is 8.35. The van der Waals surface area contributed by atoms with Gasteiger partial charge in [-0.25, -0.2) is 4.68 Å². The number of benzene rings is 3. The van der Waals surface area contributed by atoms with E-state index in [2.05, 4.69) is 27.8 Å². The van der Waals surface area contributed by atoms with Gasteiger partial charge in [0.15, 0.2) is 12.1 Å². The van der Waals surface area contributed by atoms with E-state index in [9.17, 15) is 14.7 Å². The van der Waals surface area contributed by atoms with Crippen LogP contribution in [0.1, 0.15) is 58.9 Å². The van der Waals surface area contributed by atoms with Crippen molar-refractivity contribution in [3.05, 3.63) is 101 Å². The zero-order valence-electron chi connectivity index (χ0n) is 23.6. The number of thioether (sulfide) groups is 1. The summed E-state index contributed by atoms with van der Waals surface area (Å²) in [5.41, 5.74) is 4.65. The van der Waals surface area contributed by atoms with Crippen LogP contribution in [0, 0.1) is 5.92 Å². The Hall–Kier alpha value is -3.90. The fraction of sp³-hybridized carbons (Fsp3) is 0.323. The van der Waals surface area contributed by atoms with Gasteiger partial charge in [-0.15, -0.1) is 5.10 Å². The van der Waals surface area contributed by atoms with Gasteiger partial charge in [-0.05, 0) is 46.2 Å². The molecule has 4 unspecified atom stereocenters. The average molecular weight is 588 g/mol. The number of nitrogens with zero attached hydrogens (tertiary/aromatic N) is 4. The number of aliphatic hydroxyl groups excluding tert-OH is 1. The largest absolute Gasteiger partial charge is 0.392 e. The number of aryl methyl sites for hydroxylation is 1. The van der Waals surface area contributed by atoms with Crippen LogP contribution in [0.4, 0.5) is 5.69 Å². The summed E-state index contributed by atoms with van der Waals surface area (Å²) >= 11 is 1.53.